The van der Waals surface area contributed by atoms with Crippen LogP contribution in [0, 0.1) is 0 Å². The molecule has 114 valence electrons. The Morgan fingerprint density at radius 3 is 2.77 bits per heavy atom. The number of para-hydroxylation sites is 1. The quantitative estimate of drug-likeness (QED) is 0.856. The van der Waals surface area contributed by atoms with Crippen LogP contribution in [0.25, 0.3) is 17.0 Å². The number of rotatable bonds is 3. The largest absolute Gasteiger partial charge is 0.393 e. The maximum atomic E-state index is 12.0. The van der Waals surface area contributed by atoms with Gasteiger partial charge in [0, 0.05) is 29.3 Å². The molecule has 22 heavy (non-hydrogen) atoms. The average molecular weight is 296 g/mol. The average Bonchev–Trinajstić information content (AvgIpc) is 2.55. The number of pyridine rings is 1. The highest BCUT2D eigenvalue weighted by Gasteiger charge is 2.19. The molecule has 2 aromatic rings. The lowest BCUT2D eigenvalue weighted by atomic mass is 9.93. The minimum atomic E-state index is -0.203. The summed E-state index contributed by atoms with van der Waals surface area (Å²) in [4.78, 5) is 16.4. The fourth-order valence-electron chi connectivity index (χ4n) is 2.90. The first-order chi connectivity index (χ1) is 10.7. The number of nitrogens with zero attached hydrogens (tertiary/aromatic N) is 1. The highest BCUT2D eigenvalue weighted by molar-refractivity contribution is 5.95. The van der Waals surface area contributed by atoms with Crippen LogP contribution in [0.15, 0.2) is 42.6 Å². The Morgan fingerprint density at radius 2 is 1.95 bits per heavy atom. The number of aliphatic hydroxyl groups is 1. The molecule has 3 rings (SSSR count). The first kappa shape index (κ1) is 14.7. The van der Waals surface area contributed by atoms with Crippen molar-refractivity contribution < 1.29 is 9.90 Å². The molecular weight excluding hydrogens is 276 g/mol. The van der Waals surface area contributed by atoms with E-state index in [2.05, 4.69) is 10.3 Å². The molecule has 1 amide bonds. The Kier molecular flexibility index (Phi) is 4.49. The second-order valence-electron chi connectivity index (χ2n) is 5.77. The summed E-state index contributed by atoms with van der Waals surface area (Å²) in [6.07, 6.45) is 8.14. The van der Waals surface area contributed by atoms with Crippen LogP contribution in [0.4, 0.5) is 0 Å². The predicted octanol–water partition coefficient (Wildman–Crippen LogP) is 2.67. The lowest BCUT2D eigenvalue weighted by molar-refractivity contribution is -0.117. The number of aromatic nitrogens is 1. The number of hydrogen-bond donors (Lipinski definition) is 2. The van der Waals surface area contributed by atoms with E-state index < -0.39 is 0 Å². The third kappa shape index (κ3) is 3.52. The molecule has 4 heteroatoms. The number of carbonyl (C=O) groups is 1. The molecule has 1 heterocycles. The second kappa shape index (κ2) is 6.71. The zero-order chi connectivity index (χ0) is 15.4. The number of benzene rings is 1. The molecule has 0 bridgehead atoms. The van der Waals surface area contributed by atoms with Gasteiger partial charge in [0.15, 0.2) is 0 Å². The van der Waals surface area contributed by atoms with E-state index >= 15 is 0 Å². The predicted molar refractivity (Wildman–Crippen MR) is 87.2 cm³/mol. The number of aliphatic hydroxyl groups excluding tert-OH is 1. The molecule has 1 fully saturated rings. The van der Waals surface area contributed by atoms with Crippen molar-refractivity contribution in [2.75, 3.05) is 0 Å². The summed E-state index contributed by atoms with van der Waals surface area (Å²) in [5, 5.41) is 13.5. The normalized spacial score (nSPS) is 22.0. The van der Waals surface area contributed by atoms with Crippen LogP contribution < -0.4 is 5.32 Å². The number of amides is 1. The van der Waals surface area contributed by atoms with Gasteiger partial charge in [0.2, 0.25) is 5.91 Å². The van der Waals surface area contributed by atoms with Crippen molar-refractivity contribution in [2.24, 2.45) is 0 Å². The van der Waals surface area contributed by atoms with Gasteiger partial charge in [-0.3, -0.25) is 9.78 Å². The van der Waals surface area contributed by atoms with Crippen molar-refractivity contribution in [3.63, 3.8) is 0 Å². The molecule has 0 atom stereocenters. The number of carbonyl (C=O) groups excluding carboxylic acids is 1. The summed E-state index contributed by atoms with van der Waals surface area (Å²) < 4.78 is 0. The lowest BCUT2D eigenvalue weighted by Crippen LogP contribution is -2.37. The monoisotopic (exact) mass is 296 g/mol. The Balaban J connectivity index is 1.66. The van der Waals surface area contributed by atoms with Gasteiger partial charge in [0.25, 0.3) is 0 Å². The number of nitrogens with one attached hydrogen (secondary N) is 1. The van der Waals surface area contributed by atoms with Crippen LogP contribution in [0.3, 0.4) is 0 Å². The van der Waals surface area contributed by atoms with Gasteiger partial charge < -0.3 is 10.4 Å². The van der Waals surface area contributed by atoms with E-state index in [0.717, 1.165) is 42.1 Å². The van der Waals surface area contributed by atoms with Crippen LogP contribution in [0.2, 0.25) is 0 Å². The van der Waals surface area contributed by atoms with Gasteiger partial charge in [-0.25, -0.2) is 0 Å². The Labute approximate surface area is 129 Å². The lowest BCUT2D eigenvalue weighted by Gasteiger charge is -2.25. The smallest absolute Gasteiger partial charge is 0.244 e. The van der Waals surface area contributed by atoms with E-state index in [-0.39, 0.29) is 18.1 Å². The summed E-state index contributed by atoms with van der Waals surface area (Å²) >= 11 is 0. The molecule has 1 aliphatic carbocycles. The van der Waals surface area contributed by atoms with Crippen LogP contribution >= 0.6 is 0 Å². The first-order valence-electron chi connectivity index (χ1n) is 7.73. The summed E-state index contributed by atoms with van der Waals surface area (Å²) in [5.74, 6) is -0.0886. The molecule has 2 N–H and O–H groups in total. The van der Waals surface area contributed by atoms with Gasteiger partial charge in [0.05, 0.1) is 11.6 Å². The standard InChI is InChI=1S/C18H20N2O2/c21-16-9-7-15(8-10-16)20-17(22)11-6-14-4-1-3-13-5-2-12-19-18(13)14/h1-6,11-12,15-16,21H,7-10H2,(H,20,22). The molecule has 1 aliphatic rings. The van der Waals surface area contributed by atoms with E-state index in [9.17, 15) is 9.90 Å². The fraction of sp³-hybridized carbons (Fsp3) is 0.333. The van der Waals surface area contributed by atoms with Crippen molar-refractivity contribution in [1.82, 2.24) is 10.3 Å². The fourth-order valence-corrected chi connectivity index (χ4v) is 2.90. The number of fused-ring (bicyclic) bond motifs is 1. The van der Waals surface area contributed by atoms with Crippen LogP contribution in [-0.2, 0) is 4.79 Å². The van der Waals surface area contributed by atoms with Crippen LogP contribution in [0.1, 0.15) is 31.2 Å². The van der Waals surface area contributed by atoms with E-state index in [1.165, 1.54) is 0 Å². The highest BCUT2D eigenvalue weighted by atomic mass is 16.3. The highest BCUT2D eigenvalue weighted by Crippen LogP contribution is 2.19. The van der Waals surface area contributed by atoms with Crippen molar-refractivity contribution >= 4 is 22.9 Å². The van der Waals surface area contributed by atoms with Gasteiger partial charge in [-0.2, -0.15) is 0 Å². The van der Waals surface area contributed by atoms with Gasteiger partial charge >= 0.3 is 0 Å². The van der Waals surface area contributed by atoms with E-state index in [4.69, 9.17) is 0 Å². The summed E-state index contributed by atoms with van der Waals surface area (Å²) in [5.41, 5.74) is 1.84. The van der Waals surface area contributed by atoms with Gasteiger partial charge in [-0.05, 0) is 37.8 Å². The van der Waals surface area contributed by atoms with E-state index in [1.54, 1.807) is 12.3 Å². The number of hydrogen-bond acceptors (Lipinski definition) is 3. The molecular formula is C18H20N2O2. The van der Waals surface area contributed by atoms with E-state index in [0.29, 0.717) is 0 Å². The molecule has 4 nitrogen and oxygen atoms in total. The maximum absolute atomic E-state index is 12.0. The SMILES string of the molecule is O=C(C=Cc1cccc2cccnc12)NC1CCC(O)CC1. The summed E-state index contributed by atoms with van der Waals surface area (Å²) in [7, 11) is 0. The molecule has 1 saturated carbocycles. The van der Waals surface area contributed by atoms with Gasteiger partial charge in [0.1, 0.15) is 0 Å². The first-order valence-corrected chi connectivity index (χ1v) is 7.73. The topological polar surface area (TPSA) is 62.2 Å². The Morgan fingerprint density at radius 1 is 1.18 bits per heavy atom. The van der Waals surface area contributed by atoms with Crippen molar-refractivity contribution in [2.45, 2.75) is 37.8 Å². The van der Waals surface area contributed by atoms with Crippen LogP contribution in [0.5, 0.6) is 0 Å². The van der Waals surface area contributed by atoms with Crippen LogP contribution in [-0.4, -0.2) is 28.1 Å². The maximum Gasteiger partial charge on any atom is 0.244 e. The summed E-state index contributed by atoms with van der Waals surface area (Å²) in [6.45, 7) is 0. The molecule has 0 spiro atoms. The third-order valence-electron chi connectivity index (χ3n) is 4.12. The van der Waals surface area contributed by atoms with Gasteiger partial charge in [-0.15, -0.1) is 0 Å². The Bertz CT molecular complexity index is 683. The Hall–Kier alpha value is -2.20. The van der Waals surface area contributed by atoms with Gasteiger partial charge in [-0.1, -0.05) is 24.3 Å². The zero-order valence-electron chi connectivity index (χ0n) is 12.4. The zero-order valence-corrected chi connectivity index (χ0v) is 12.4. The van der Waals surface area contributed by atoms with Crippen molar-refractivity contribution in [1.29, 1.82) is 0 Å². The van der Waals surface area contributed by atoms with Crippen molar-refractivity contribution in [3.8, 4) is 0 Å². The van der Waals surface area contributed by atoms with Crippen molar-refractivity contribution in [3.05, 3.63) is 48.2 Å². The third-order valence-corrected chi connectivity index (χ3v) is 4.12. The second-order valence-corrected chi connectivity index (χ2v) is 5.77. The molecule has 1 aromatic carbocycles. The molecule has 1 aromatic heterocycles. The minimum Gasteiger partial charge on any atom is -0.393 e. The molecule has 0 aliphatic heterocycles. The molecule has 0 radical (unpaired) electrons. The molecule has 0 saturated heterocycles. The molecule has 0 unspecified atom stereocenters. The van der Waals surface area contributed by atoms with E-state index in [1.807, 2.05) is 36.4 Å². The minimum absolute atomic E-state index is 0.0886. The summed E-state index contributed by atoms with van der Waals surface area (Å²) in [6, 6.07) is 10.0.